The maximum atomic E-state index is 12.8. The van der Waals surface area contributed by atoms with Crippen molar-refractivity contribution in [3.05, 3.63) is 107 Å². The molecule has 0 amide bonds. The average molecular weight is 643 g/mol. The lowest BCUT2D eigenvalue weighted by Gasteiger charge is -2.31. The van der Waals surface area contributed by atoms with Crippen molar-refractivity contribution in [3.8, 4) is 23.2 Å². The number of aryl methyl sites for hydroxylation is 1. The molecule has 0 radical (unpaired) electrons. The number of rotatable bonds is 11. The third kappa shape index (κ3) is 7.02. The van der Waals surface area contributed by atoms with Crippen molar-refractivity contribution >= 4 is 10.0 Å². The van der Waals surface area contributed by atoms with Gasteiger partial charge in [0.2, 0.25) is 0 Å². The van der Waals surface area contributed by atoms with E-state index in [4.69, 9.17) is 5.73 Å². The normalized spacial score (nSPS) is 17.9. The first-order valence-electron chi connectivity index (χ1n) is 14.8. The first-order chi connectivity index (χ1) is 22.1. The number of alkyl halides is 1. The van der Waals surface area contributed by atoms with E-state index in [2.05, 4.69) is 71.8 Å². The molecular weight excluding hydrogens is 607 g/mol. The van der Waals surface area contributed by atoms with Crippen LogP contribution in [0.1, 0.15) is 35.2 Å². The molecule has 1 unspecified atom stereocenters. The number of dihydropyridines is 1. The molecule has 3 aromatic heterocycles. The fourth-order valence-corrected chi connectivity index (χ4v) is 6.40. The summed E-state index contributed by atoms with van der Waals surface area (Å²) in [6.07, 6.45) is 12.6. The number of aromatic nitrogens is 6. The van der Waals surface area contributed by atoms with Crippen LogP contribution in [0.4, 0.5) is 4.39 Å². The maximum Gasteiger partial charge on any atom is 0.256 e. The van der Waals surface area contributed by atoms with E-state index in [1.807, 2.05) is 20.2 Å². The van der Waals surface area contributed by atoms with E-state index in [1.54, 1.807) is 30.9 Å². The number of nitrogens with zero attached hydrogens (tertiary/aromatic N) is 7. The van der Waals surface area contributed by atoms with Crippen molar-refractivity contribution in [1.82, 2.24) is 44.5 Å². The predicted octanol–water partition coefficient (Wildman–Crippen LogP) is 2.23. The molecule has 14 heteroatoms. The van der Waals surface area contributed by atoms with Gasteiger partial charge in [-0.05, 0) is 50.2 Å². The van der Waals surface area contributed by atoms with Crippen LogP contribution < -0.4 is 16.4 Å². The Labute approximate surface area is 267 Å². The second-order valence-corrected chi connectivity index (χ2v) is 13.7. The molecule has 0 spiro atoms. The third-order valence-corrected chi connectivity index (χ3v) is 9.55. The number of benzene rings is 1. The highest BCUT2D eigenvalue weighted by Gasteiger charge is 2.38. The van der Waals surface area contributed by atoms with Crippen molar-refractivity contribution in [3.63, 3.8) is 0 Å². The first kappa shape index (κ1) is 31.2. The molecule has 4 aromatic rings. The van der Waals surface area contributed by atoms with Gasteiger partial charge in [-0.15, -0.1) is 0 Å². The topological polar surface area (TPSA) is 149 Å². The van der Waals surface area contributed by atoms with Crippen LogP contribution in [0.25, 0.3) is 11.4 Å². The molecular formula is C32H35FN10O2S. The van der Waals surface area contributed by atoms with E-state index in [0.717, 1.165) is 16.2 Å². The van der Waals surface area contributed by atoms with Crippen LogP contribution in [0.15, 0.2) is 84.9 Å². The predicted molar refractivity (Wildman–Crippen MR) is 172 cm³/mol. The summed E-state index contributed by atoms with van der Waals surface area (Å²) >= 11 is 0. The number of hydrogen-bond acceptors (Lipinski definition) is 10. The van der Waals surface area contributed by atoms with Crippen LogP contribution in [-0.4, -0.2) is 68.3 Å². The Hall–Kier alpha value is -4.84. The molecule has 1 aliphatic carbocycles. The smallest absolute Gasteiger partial charge is 0.256 e. The molecule has 1 saturated carbocycles. The summed E-state index contributed by atoms with van der Waals surface area (Å²) in [6.45, 7) is 1.02. The molecule has 2 aliphatic rings. The molecule has 1 aliphatic heterocycles. The van der Waals surface area contributed by atoms with Crippen molar-refractivity contribution in [1.29, 1.82) is 0 Å². The number of nitrogens with one attached hydrogen (secondary N) is 2. The Morgan fingerprint density at radius 3 is 2.63 bits per heavy atom. The van der Waals surface area contributed by atoms with Gasteiger partial charge in [0.05, 0.1) is 58.5 Å². The summed E-state index contributed by atoms with van der Waals surface area (Å²) in [5.41, 5.74) is 10.9. The number of nitrogens with two attached hydrogens (primary N) is 1. The van der Waals surface area contributed by atoms with Crippen LogP contribution in [0, 0.1) is 11.8 Å². The Kier molecular flexibility index (Phi) is 8.72. The Morgan fingerprint density at radius 2 is 1.89 bits per heavy atom. The average Bonchev–Trinajstić information content (AvgIpc) is 3.62. The largest absolute Gasteiger partial charge is 0.380 e. The zero-order chi connectivity index (χ0) is 32.3. The molecule has 238 valence electrons. The minimum Gasteiger partial charge on any atom is -0.380 e. The van der Waals surface area contributed by atoms with Crippen molar-refractivity contribution in [2.75, 3.05) is 20.8 Å². The van der Waals surface area contributed by atoms with E-state index < -0.39 is 27.6 Å². The SMILES string of the molecule is CN(C)Cc1ccc(CNC2=CC(N)(c3ccnc(-c4cnn(S(=O)(=O)C5CC5)c4)n3)NC=C2C#Cc2cnn(CCF)c2)cc1. The molecule has 4 heterocycles. The maximum absolute atomic E-state index is 12.8. The van der Waals surface area contributed by atoms with Gasteiger partial charge in [0.15, 0.2) is 11.5 Å². The van der Waals surface area contributed by atoms with E-state index in [0.29, 0.717) is 53.3 Å². The summed E-state index contributed by atoms with van der Waals surface area (Å²) in [4.78, 5) is 11.2. The van der Waals surface area contributed by atoms with Crippen LogP contribution in [0.5, 0.6) is 0 Å². The van der Waals surface area contributed by atoms with Gasteiger partial charge in [0, 0.05) is 31.7 Å². The van der Waals surface area contributed by atoms with Crippen LogP contribution >= 0.6 is 0 Å². The highest BCUT2D eigenvalue weighted by atomic mass is 32.2. The lowest BCUT2D eigenvalue weighted by atomic mass is 9.98. The zero-order valence-electron chi connectivity index (χ0n) is 25.6. The van der Waals surface area contributed by atoms with Gasteiger partial charge in [-0.3, -0.25) is 4.68 Å². The summed E-state index contributed by atoms with van der Waals surface area (Å²) < 4.78 is 40.5. The first-order valence-corrected chi connectivity index (χ1v) is 16.3. The van der Waals surface area contributed by atoms with Gasteiger partial charge < -0.3 is 21.3 Å². The fourth-order valence-electron chi connectivity index (χ4n) is 4.92. The Balaban J connectivity index is 1.27. The molecule has 1 fully saturated rings. The molecule has 4 N–H and O–H groups in total. The lowest BCUT2D eigenvalue weighted by Crippen LogP contribution is -2.49. The summed E-state index contributed by atoms with van der Waals surface area (Å²) in [5, 5.41) is 14.5. The number of hydrogen-bond donors (Lipinski definition) is 3. The van der Waals surface area contributed by atoms with Gasteiger partial charge in [-0.25, -0.2) is 22.8 Å². The van der Waals surface area contributed by atoms with Gasteiger partial charge in [0.25, 0.3) is 10.0 Å². The van der Waals surface area contributed by atoms with Crippen molar-refractivity contribution in [2.24, 2.45) is 5.73 Å². The minimum atomic E-state index is -3.52. The third-order valence-electron chi connectivity index (χ3n) is 7.51. The molecule has 1 atom stereocenters. The van der Waals surface area contributed by atoms with E-state index in [1.165, 1.54) is 22.6 Å². The van der Waals surface area contributed by atoms with Crippen LogP contribution in [0.2, 0.25) is 0 Å². The standard InChI is InChI=1S/C32H35FN10O2S/c1-41(2)20-24-5-3-23(4-6-24)16-36-29-15-32(34,37-18-26(29)8-7-25-17-38-42(21-25)14-12-33)30-11-13-35-31(40-30)27-19-39-43(22-27)46(44,45)28-9-10-28/h3-6,11,13,15,17-19,21-22,28,36-37H,9-10,12,14,16,20,34H2,1-2H3. The Morgan fingerprint density at radius 1 is 1.11 bits per heavy atom. The molecule has 12 nitrogen and oxygen atoms in total. The van der Waals surface area contributed by atoms with Gasteiger partial charge in [0.1, 0.15) is 6.67 Å². The van der Waals surface area contributed by atoms with E-state index in [9.17, 15) is 12.8 Å². The second-order valence-electron chi connectivity index (χ2n) is 11.6. The van der Waals surface area contributed by atoms with Crippen LogP contribution in [-0.2, 0) is 35.3 Å². The second kappa shape index (κ2) is 12.9. The summed E-state index contributed by atoms with van der Waals surface area (Å²) in [7, 11) is 0.545. The highest BCUT2D eigenvalue weighted by molar-refractivity contribution is 7.90. The molecule has 46 heavy (non-hydrogen) atoms. The molecule has 0 bridgehead atoms. The quantitative estimate of drug-likeness (QED) is 0.208. The summed E-state index contributed by atoms with van der Waals surface area (Å²) in [5.74, 6) is 6.57. The van der Waals surface area contributed by atoms with Crippen LogP contribution in [0.3, 0.4) is 0 Å². The summed E-state index contributed by atoms with van der Waals surface area (Å²) in [6, 6.07) is 10.1. The number of allylic oxidation sites excluding steroid dienone is 1. The van der Waals surface area contributed by atoms with Crippen molar-refractivity contribution < 1.29 is 12.8 Å². The lowest BCUT2D eigenvalue weighted by molar-refractivity contribution is 0.402. The van der Waals surface area contributed by atoms with Gasteiger partial charge in [-0.1, -0.05) is 36.1 Å². The van der Waals surface area contributed by atoms with Gasteiger partial charge >= 0.3 is 0 Å². The monoisotopic (exact) mass is 642 g/mol. The Bertz CT molecular complexity index is 1950. The van der Waals surface area contributed by atoms with Gasteiger partial charge in [-0.2, -0.15) is 14.3 Å². The highest BCUT2D eigenvalue weighted by Crippen LogP contribution is 2.30. The minimum absolute atomic E-state index is 0.166. The van der Waals surface area contributed by atoms with E-state index >= 15 is 0 Å². The van der Waals surface area contributed by atoms with E-state index in [-0.39, 0.29) is 6.54 Å². The van der Waals surface area contributed by atoms with Crippen molar-refractivity contribution in [2.45, 2.75) is 43.4 Å². The molecule has 6 rings (SSSR count). The number of halogens is 1. The fraction of sp³-hybridized carbons (Fsp3) is 0.312. The molecule has 0 saturated heterocycles. The zero-order valence-corrected chi connectivity index (χ0v) is 26.4. The molecule has 1 aromatic carbocycles.